The second kappa shape index (κ2) is 5.33. The van der Waals surface area contributed by atoms with Gasteiger partial charge in [0.25, 0.3) is 0 Å². The van der Waals surface area contributed by atoms with Crippen LogP contribution in [0.3, 0.4) is 0 Å². The molecule has 0 saturated carbocycles. The van der Waals surface area contributed by atoms with Gasteiger partial charge >= 0.3 is 12.6 Å². The molecule has 1 rings (SSSR count). The highest BCUT2D eigenvalue weighted by atomic mass is 19.3. The molecule has 0 saturated heterocycles. The van der Waals surface area contributed by atoms with Gasteiger partial charge in [0, 0.05) is 0 Å². The summed E-state index contributed by atoms with van der Waals surface area (Å²) in [5, 5.41) is 8.47. The molecular weight excluding hydrogens is 241 g/mol. The molecule has 0 fully saturated rings. The first kappa shape index (κ1) is 13.0. The minimum Gasteiger partial charge on any atom is -0.481 e. The lowest BCUT2D eigenvalue weighted by atomic mass is 10.1. The zero-order valence-corrected chi connectivity index (χ0v) is 8.32. The van der Waals surface area contributed by atoms with Crippen molar-refractivity contribution in [3.8, 4) is 5.75 Å². The number of ether oxygens (including phenoxy) is 1. The van der Waals surface area contributed by atoms with Crippen molar-refractivity contribution in [2.75, 3.05) is 0 Å². The van der Waals surface area contributed by atoms with Crippen molar-refractivity contribution in [1.82, 2.24) is 0 Å². The van der Waals surface area contributed by atoms with Gasteiger partial charge in [-0.3, -0.25) is 9.59 Å². The number of halogens is 3. The summed E-state index contributed by atoms with van der Waals surface area (Å²) in [5.41, 5.74) is -0.472. The average Bonchev–Trinajstić information content (AvgIpc) is 2.20. The van der Waals surface area contributed by atoms with Gasteiger partial charge in [0.05, 0.1) is 12.0 Å². The fourth-order valence-electron chi connectivity index (χ4n) is 1.25. The van der Waals surface area contributed by atoms with E-state index in [-0.39, 0.29) is 11.8 Å². The molecule has 92 valence electrons. The lowest BCUT2D eigenvalue weighted by Crippen LogP contribution is -2.08. The smallest absolute Gasteiger partial charge is 0.387 e. The molecular formula is C10H7F3O4. The molecule has 0 bridgehead atoms. The number of carbonyl (C=O) groups is 2. The van der Waals surface area contributed by atoms with Crippen molar-refractivity contribution in [2.45, 2.75) is 13.0 Å². The Balaban J connectivity index is 3.15. The number of carbonyl (C=O) groups excluding carboxylic acids is 1. The van der Waals surface area contributed by atoms with Crippen molar-refractivity contribution < 1.29 is 32.6 Å². The summed E-state index contributed by atoms with van der Waals surface area (Å²) >= 11 is 0. The molecule has 0 radical (unpaired) electrons. The molecule has 17 heavy (non-hydrogen) atoms. The van der Waals surface area contributed by atoms with E-state index >= 15 is 0 Å². The van der Waals surface area contributed by atoms with Crippen LogP contribution in [-0.2, 0) is 11.2 Å². The van der Waals surface area contributed by atoms with E-state index in [1.807, 2.05) is 0 Å². The van der Waals surface area contributed by atoms with Gasteiger partial charge in [-0.15, -0.1) is 0 Å². The number of aldehydes is 1. The van der Waals surface area contributed by atoms with E-state index in [1.54, 1.807) is 0 Å². The maximum absolute atomic E-state index is 13.3. The predicted molar refractivity (Wildman–Crippen MR) is 49.8 cm³/mol. The Morgan fingerprint density at radius 1 is 1.47 bits per heavy atom. The minimum absolute atomic E-state index is 0.0151. The monoisotopic (exact) mass is 248 g/mol. The van der Waals surface area contributed by atoms with E-state index in [9.17, 15) is 22.8 Å². The summed E-state index contributed by atoms with van der Waals surface area (Å²) in [6.07, 6.45) is -0.404. The topological polar surface area (TPSA) is 63.6 Å². The van der Waals surface area contributed by atoms with E-state index in [0.29, 0.717) is 0 Å². The first-order valence-corrected chi connectivity index (χ1v) is 4.38. The molecule has 1 N–H and O–H groups in total. The van der Waals surface area contributed by atoms with Crippen LogP contribution in [0.1, 0.15) is 15.9 Å². The Morgan fingerprint density at radius 3 is 2.59 bits per heavy atom. The third-order valence-corrected chi connectivity index (χ3v) is 1.82. The summed E-state index contributed by atoms with van der Waals surface area (Å²) in [5.74, 6) is -3.32. The molecule has 0 aromatic heterocycles. The number of carboxylic acids is 1. The SMILES string of the molecule is O=Cc1cc(CC(=O)O)cc(F)c1OC(F)F. The highest BCUT2D eigenvalue weighted by Gasteiger charge is 2.17. The third-order valence-electron chi connectivity index (χ3n) is 1.82. The maximum atomic E-state index is 13.3. The molecule has 0 aliphatic heterocycles. The van der Waals surface area contributed by atoms with Crippen LogP contribution in [0.4, 0.5) is 13.2 Å². The molecule has 7 heteroatoms. The van der Waals surface area contributed by atoms with E-state index < -0.39 is 36.1 Å². The number of benzene rings is 1. The Bertz CT molecular complexity index is 445. The van der Waals surface area contributed by atoms with Gasteiger partial charge in [-0.2, -0.15) is 8.78 Å². The predicted octanol–water partition coefficient (Wildman–Crippen LogP) is 1.87. The quantitative estimate of drug-likeness (QED) is 0.808. The summed E-state index contributed by atoms with van der Waals surface area (Å²) in [4.78, 5) is 20.9. The van der Waals surface area contributed by atoms with Crippen molar-refractivity contribution >= 4 is 12.3 Å². The molecule has 0 aliphatic carbocycles. The van der Waals surface area contributed by atoms with Crippen LogP contribution >= 0.6 is 0 Å². The standard InChI is InChI=1S/C10H7F3O4/c11-7-2-5(3-8(15)16)1-6(4-14)9(7)17-10(12)13/h1-2,4,10H,3H2,(H,15,16). The van der Waals surface area contributed by atoms with E-state index in [4.69, 9.17) is 5.11 Å². The first-order chi connectivity index (χ1) is 7.93. The molecule has 0 heterocycles. The second-order valence-corrected chi connectivity index (χ2v) is 3.06. The molecule has 0 aliphatic rings. The molecule has 0 unspecified atom stereocenters. The van der Waals surface area contributed by atoms with Crippen LogP contribution in [0, 0.1) is 5.82 Å². The molecule has 1 aromatic rings. The molecule has 4 nitrogen and oxygen atoms in total. The van der Waals surface area contributed by atoms with E-state index in [0.717, 1.165) is 12.1 Å². The normalized spacial score (nSPS) is 10.4. The van der Waals surface area contributed by atoms with Gasteiger partial charge in [0.1, 0.15) is 0 Å². The Kier molecular flexibility index (Phi) is 4.08. The first-order valence-electron chi connectivity index (χ1n) is 4.38. The Hall–Kier alpha value is -2.05. The van der Waals surface area contributed by atoms with Crippen LogP contribution in [0.15, 0.2) is 12.1 Å². The van der Waals surface area contributed by atoms with Crippen LogP contribution in [0.5, 0.6) is 5.75 Å². The number of hydrogen-bond donors (Lipinski definition) is 1. The van der Waals surface area contributed by atoms with Crippen molar-refractivity contribution in [3.05, 3.63) is 29.1 Å². The highest BCUT2D eigenvalue weighted by Crippen LogP contribution is 2.25. The zero-order chi connectivity index (χ0) is 13.0. The van der Waals surface area contributed by atoms with Crippen molar-refractivity contribution in [1.29, 1.82) is 0 Å². The maximum Gasteiger partial charge on any atom is 0.387 e. The fraction of sp³-hybridized carbons (Fsp3) is 0.200. The summed E-state index contributed by atoms with van der Waals surface area (Å²) < 4.78 is 41.0. The Labute approximate surface area is 93.6 Å². The summed E-state index contributed by atoms with van der Waals surface area (Å²) in [6, 6.07) is 1.72. The van der Waals surface area contributed by atoms with Crippen LogP contribution in [-0.4, -0.2) is 24.0 Å². The molecule has 0 amide bonds. The largest absolute Gasteiger partial charge is 0.481 e. The number of carboxylic acid groups (broad SMARTS) is 1. The number of hydrogen-bond acceptors (Lipinski definition) is 3. The van der Waals surface area contributed by atoms with E-state index in [1.165, 1.54) is 0 Å². The van der Waals surface area contributed by atoms with Gasteiger partial charge < -0.3 is 9.84 Å². The summed E-state index contributed by atoms with van der Waals surface area (Å²) in [6.45, 7) is -3.27. The highest BCUT2D eigenvalue weighted by molar-refractivity contribution is 5.81. The number of aliphatic carboxylic acids is 1. The van der Waals surface area contributed by atoms with Crippen LogP contribution in [0.25, 0.3) is 0 Å². The zero-order valence-electron chi connectivity index (χ0n) is 8.32. The third kappa shape index (κ3) is 3.47. The average molecular weight is 248 g/mol. The van der Waals surface area contributed by atoms with E-state index in [2.05, 4.69) is 4.74 Å². The van der Waals surface area contributed by atoms with Crippen LogP contribution < -0.4 is 4.74 Å². The van der Waals surface area contributed by atoms with Crippen molar-refractivity contribution in [3.63, 3.8) is 0 Å². The van der Waals surface area contributed by atoms with Gasteiger partial charge in [-0.25, -0.2) is 4.39 Å². The number of rotatable bonds is 5. The second-order valence-electron chi connectivity index (χ2n) is 3.06. The molecule has 1 aromatic carbocycles. The molecule has 0 spiro atoms. The van der Waals surface area contributed by atoms with Gasteiger partial charge in [0.15, 0.2) is 17.9 Å². The number of alkyl halides is 2. The Morgan fingerprint density at radius 2 is 2.12 bits per heavy atom. The van der Waals surface area contributed by atoms with Crippen LogP contribution in [0.2, 0.25) is 0 Å². The molecule has 0 atom stereocenters. The minimum atomic E-state index is -3.27. The lowest BCUT2D eigenvalue weighted by Gasteiger charge is -2.09. The summed E-state index contributed by atoms with van der Waals surface area (Å²) in [7, 11) is 0. The van der Waals surface area contributed by atoms with Gasteiger partial charge in [-0.1, -0.05) is 0 Å². The van der Waals surface area contributed by atoms with Crippen molar-refractivity contribution in [2.24, 2.45) is 0 Å². The van der Waals surface area contributed by atoms with Gasteiger partial charge in [-0.05, 0) is 17.7 Å². The fourth-order valence-corrected chi connectivity index (χ4v) is 1.25. The lowest BCUT2D eigenvalue weighted by molar-refractivity contribution is -0.136. The van der Waals surface area contributed by atoms with Gasteiger partial charge in [0.2, 0.25) is 0 Å².